The summed E-state index contributed by atoms with van der Waals surface area (Å²) in [6.07, 6.45) is 10.5. The van der Waals surface area contributed by atoms with Gasteiger partial charge in [0.15, 0.2) is 0 Å². The summed E-state index contributed by atoms with van der Waals surface area (Å²) in [7, 11) is 0. The summed E-state index contributed by atoms with van der Waals surface area (Å²) in [6.45, 7) is 14.8. The second kappa shape index (κ2) is 9.51. The fourth-order valence-electron chi connectivity index (χ4n) is 6.09. The molecule has 0 radical (unpaired) electrons. The molecule has 3 aliphatic rings. The van der Waals surface area contributed by atoms with Crippen LogP contribution in [-0.2, 0) is 4.74 Å². The Balaban J connectivity index is 1.68. The average molecular weight is 433 g/mol. The third-order valence-electron chi connectivity index (χ3n) is 8.72. The summed E-state index contributed by atoms with van der Waals surface area (Å²) in [4.78, 5) is 0. The normalized spacial score (nSPS) is 37.6. The number of aliphatic hydroxyl groups is 3. The first-order chi connectivity index (χ1) is 14.4. The van der Waals surface area contributed by atoms with Gasteiger partial charge in [-0.2, -0.15) is 0 Å². The third kappa shape index (κ3) is 5.35. The number of hydrogen-bond donors (Lipinski definition) is 3. The van der Waals surface area contributed by atoms with E-state index in [9.17, 15) is 15.3 Å². The van der Waals surface area contributed by atoms with E-state index in [1.54, 1.807) is 0 Å². The van der Waals surface area contributed by atoms with Crippen molar-refractivity contribution in [2.24, 2.45) is 23.2 Å². The first kappa shape index (κ1) is 24.7. The fraction of sp³-hybridized carbons (Fsp3) is 0.778. The summed E-state index contributed by atoms with van der Waals surface area (Å²) >= 11 is 0. The number of hydrogen-bond acceptors (Lipinski definition) is 4. The number of aliphatic hydroxyl groups excluding tert-OH is 2. The molecule has 0 bridgehead atoms. The Morgan fingerprint density at radius 3 is 2.42 bits per heavy atom. The number of allylic oxidation sites excluding steroid dienone is 3. The van der Waals surface area contributed by atoms with E-state index in [0.717, 1.165) is 12.0 Å². The van der Waals surface area contributed by atoms with Gasteiger partial charge in [0.05, 0.1) is 30.5 Å². The smallest absolute Gasteiger partial charge is 0.0809 e. The molecule has 31 heavy (non-hydrogen) atoms. The predicted molar refractivity (Wildman–Crippen MR) is 126 cm³/mol. The molecule has 0 amide bonds. The van der Waals surface area contributed by atoms with Crippen LogP contribution in [0.3, 0.4) is 0 Å². The lowest BCUT2D eigenvalue weighted by Gasteiger charge is -2.44. The molecule has 0 aromatic rings. The van der Waals surface area contributed by atoms with Crippen molar-refractivity contribution < 1.29 is 20.1 Å². The largest absolute Gasteiger partial charge is 0.390 e. The summed E-state index contributed by atoms with van der Waals surface area (Å²) in [5, 5.41) is 30.5. The standard InChI is InChI=1S/C27H44O4/c1-17(26(4,5)30)16-31-19(3)22-11-12-23-21(8-7-13-27(22,23)6)10-9-20-14-24(28)18(2)25(29)15-20/h9-10,17,19,22-25,28-30H,2,7-8,11-16H2,1,3-6H3/t17-,19+,22?,23?,24+,25+,27?/m0/s1. The van der Waals surface area contributed by atoms with Crippen LogP contribution in [0.1, 0.15) is 79.6 Å². The van der Waals surface area contributed by atoms with Gasteiger partial charge in [0.25, 0.3) is 0 Å². The van der Waals surface area contributed by atoms with E-state index in [4.69, 9.17) is 4.74 Å². The van der Waals surface area contributed by atoms with Crippen LogP contribution in [0.25, 0.3) is 0 Å². The van der Waals surface area contributed by atoms with Crippen molar-refractivity contribution >= 4 is 0 Å². The van der Waals surface area contributed by atoms with Crippen molar-refractivity contribution in [1.82, 2.24) is 0 Å². The Hall–Kier alpha value is -0.940. The van der Waals surface area contributed by atoms with Gasteiger partial charge in [0.1, 0.15) is 0 Å². The predicted octanol–water partition coefficient (Wildman–Crippen LogP) is 4.94. The highest BCUT2D eigenvalue weighted by molar-refractivity contribution is 5.29. The molecule has 176 valence electrons. The van der Waals surface area contributed by atoms with E-state index in [0.29, 0.717) is 36.9 Å². The van der Waals surface area contributed by atoms with Gasteiger partial charge in [-0.1, -0.05) is 43.7 Å². The van der Waals surface area contributed by atoms with E-state index in [1.165, 1.54) is 31.3 Å². The maximum atomic E-state index is 10.2. The minimum Gasteiger partial charge on any atom is -0.390 e. The molecule has 0 aromatic carbocycles. The minimum absolute atomic E-state index is 0.102. The lowest BCUT2D eigenvalue weighted by molar-refractivity contribution is -0.0720. The molecule has 4 heteroatoms. The Bertz CT molecular complexity index is 699. The van der Waals surface area contributed by atoms with E-state index < -0.39 is 17.8 Å². The first-order valence-corrected chi connectivity index (χ1v) is 12.2. The Labute approximate surface area is 189 Å². The quantitative estimate of drug-likeness (QED) is 0.520. The van der Waals surface area contributed by atoms with Crippen LogP contribution in [-0.4, -0.2) is 45.8 Å². The molecule has 0 aliphatic heterocycles. The molecule has 3 fully saturated rings. The average Bonchev–Trinajstić information content (AvgIpc) is 3.05. The number of ether oxygens (including phenoxy) is 1. The van der Waals surface area contributed by atoms with Crippen LogP contribution >= 0.6 is 0 Å². The van der Waals surface area contributed by atoms with Crippen molar-refractivity contribution in [2.75, 3.05) is 6.61 Å². The highest BCUT2D eigenvalue weighted by atomic mass is 16.5. The highest BCUT2D eigenvalue weighted by Gasteiger charge is 2.51. The van der Waals surface area contributed by atoms with Gasteiger partial charge in [-0.05, 0) is 88.5 Å². The van der Waals surface area contributed by atoms with Crippen LogP contribution in [0.2, 0.25) is 0 Å². The van der Waals surface area contributed by atoms with E-state index >= 15 is 0 Å². The second-order valence-corrected chi connectivity index (χ2v) is 11.3. The molecule has 4 nitrogen and oxygen atoms in total. The van der Waals surface area contributed by atoms with Gasteiger partial charge in [-0.3, -0.25) is 0 Å². The molecule has 0 spiro atoms. The first-order valence-electron chi connectivity index (χ1n) is 12.2. The topological polar surface area (TPSA) is 69.9 Å². The Morgan fingerprint density at radius 2 is 1.81 bits per heavy atom. The van der Waals surface area contributed by atoms with Crippen LogP contribution in [0.4, 0.5) is 0 Å². The monoisotopic (exact) mass is 432 g/mol. The summed E-state index contributed by atoms with van der Waals surface area (Å²) in [6, 6.07) is 0. The Kier molecular flexibility index (Phi) is 7.57. The molecule has 0 aromatic heterocycles. The van der Waals surface area contributed by atoms with Gasteiger partial charge in [0, 0.05) is 5.92 Å². The van der Waals surface area contributed by atoms with Crippen LogP contribution < -0.4 is 0 Å². The molecule has 0 heterocycles. The summed E-state index contributed by atoms with van der Waals surface area (Å²) < 4.78 is 6.30. The molecule has 3 saturated carbocycles. The van der Waals surface area contributed by atoms with E-state index in [2.05, 4.69) is 39.5 Å². The molecular formula is C27H44O4. The zero-order chi connectivity index (χ0) is 23.0. The van der Waals surface area contributed by atoms with Crippen molar-refractivity contribution in [3.05, 3.63) is 35.5 Å². The van der Waals surface area contributed by atoms with Gasteiger partial charge in [-0.15, -0.1) is 0 Å². The van der Waals surface area contributed by atoms with Crippen LogP contribution in [0.15, 0.2) is 35.5 Å². The summed E-state index contributed by atoms with van der Waals surface area (Å²) in [5.74, 6) is 1.21. The van der Waals surface area contributed by atoms with E-state index in [-0.39, 0.29) is 17.4 Å². The molecule has 7 atom stereocenters. The maximum absolute atomic E-state index is 10.2. The maximum Gasteiger partial charge on any atom is 0.0809 e. The summed E-state index contributed by atoms with van der Waals surface area (Å²) in [5.41, 5.74) is 2.71. The fourth-order valence-corrected chi connectivity index (χ4v) is 6.09. The van der Waals surface area contributed by atoms with Gasteiger partial charge in [0.2, 0.25) is 0 Å². The molecule has 3 aliphatic carbocycles. The number of rotatable bonds is 6. The lowest BCUT2D eigenvalue weighted by atomic mass is 9.62. The van der Waals surface area contributed by atoms with Gasteiger partial charge >= 0.3 is 0 Å². The third-order valence-corrected chi connectivity index (χ3v) is 8.72. The molecular weight excluding hydrogens is 388 g/mol. The van der Waals surface area contributed by atoms with Crippen LogP contribution in [0.5, 0.6) is 0 Å². The van der Waals surface area contributed by atoms with E-state index in [1.807, 2.05) is 13.8 Å². The lowest BCUT2D eigenvalue weighted by Crippen LogP contribution is -2.40. The SMILES string of the molecule is C=C1[C@H](O)CC(=CC=C2CCCC3(C)C2CCC3[C@@H](C)OC[C@H](C)C(C)(C)O)C[C@H]1O. The Morgan fingerprint density at radius 1 is 1.16 bits per heavy atom. The van der Waals surface area contributed by atoms with Crippen LogP contribution in [0, 0.1) is 23.2 Å². The van der Waals surface area contributed by atoms with Crippen molar-refractivity contribution in [2.45, 2.75) is 103 Å². The number of fused-ring (bicyclic) bond motifs is 1. The molecule has 3 N–H and O–H groups in total. The van der Waals surface area contributed by atoms with Gasteiger partial charge < -0.3 is 20.1 Å². The van der Waals surface area contributed by atoms with Crippen molar-refractivity contribution in [1.29, 1.82) is 0 Å². The van der Waals surface area contributed by atoms with Crippen molar-refractivity contribution in [3.8, 4) is 0 Å². The minimum atomic E-state index is -0.720. The molecule has 0 saturated heterocycles. The second-order valence-electron chi connectivity index (χ2n) is 11.3. The molecule has 3 rings (SSSR count). The van der Waals surface area contributed by atoms with Crippen molar-refractivity contribution in [3.63, 3.8) is 0 Å². The zero-order valence-corrected chi connectivity index (χ0v) is 20.2. The molecule has 3 unspecified atom stereocenters. The highest BCUT2D eigenvalue weighted by Crippen LogP contribution is 2.58. The zero-order valence-electron chi connectivity index (χ0n) is 20.2. The van der Waals surface area contributed by atoms with Gasteiger partial charge in [-0.25, -0.2) is 0 Å².